The summed E-state index contributed by atoms with van der Waals surface area (Å²) in [6, 6.07) is 6.48. The zero-order valence-corrected chi connectivity index (χ0v) is 13.7. The first-order chi connectivity index (χ1) is 11.9. The molecule has 0 N–H and O–H groups in total. The normalized spacial score (nSPS) is 16.2. The Labute approximate surface area is 142 Å². The van der Waals surface area contributed by atoms with Crippen LogP contribution in [-0.4, -0.2) is 35.6 Å². The van der Waals surface area contributed by atoms with Crippen molar-refractivity contribution in [2.24, 2.45) is 5.92 Å². The summed E-state index contributed by atoms with van der Waals surface area (Å²) in [5.74, 6) is -0.741. The first kappa shape index (κ1) is 17.4. The number of piperidine rings is 1. The molecule has 1 fully saturated rings. The van der Waals surface area contributed by atoms with Gasteiger partial charge in [-0.3, -0.25) is 4.79 Å². The minimum atomic E-state index is -4.59. The predicted molar refractivity (Wildman–Crippen MR) is 86.1 cm³/mol. The molecular formula is C17H18F3N3O2. The molecule has 1 aliphatic heterocycles. The summed E-state index contributed by atoms with van der Waals surface area (Å²) in [4.78, 5) is 21.3. The van der Waals surface area contributed by atoms with Crippen LogP contribution in [-0.2, 0) is 15.7 Å². The molecule has 8 heteroatoms. The second-order valence-electron chi connectivity index (χ2n) is 5.90. The number of rotatable bonds is 3. The number of ether oxygens (including phenoxy) is 1. The Kier molecular flexibility index (Phi) is 4.78. The van der Waals surface area contributed by atoms with Gasteiger partial charge in [-0.25, -0.2) is 9.97 Å². The molecule has 0 aliphatic carbocycles. The number of fused-ring (bicyclic) bond motifs is 1. The number of alkyl halides is 3. The molecule has 0 spiro atoms. The van der Waals surface area contributed by atoms with Crippen LogP contribution in [0.2, 0.25) is 0 Å². The second kappa shape index (κ2) is 6.85. The summed E-state index contributed by atoms with van der Waals surface area (Å²) in [6.45, 7) is 2.64. The van der Waals surface area contributed by atoms with E-state index < -0.39 is 11.9 Å². The Hall–Kier alpha value is -2.38. The molecular weight excluding hydrogens is 335 g/mol. The third-order valence-corrected chi connectivity index (χ3v) is 4.24. The highest BCUT2D eigenvalue weighted by atomic mass is 19.4. The number of carbonyl (C=O) groups excluding carboxylic acids is 1. The molecule has 1 aromatic carbocycles. The maximum absolute atomic E-state index is 13.4. The van der Waals surface area contributed by atoms with Crippen LogP contribution in [0.4, 0.5) is 19.0 Å². The van der Waals surface area contributed by atoms with Crippen molar-refractivity contribution in [2.45, 2.75) is 25.9 Å². The molecule has 0 amide bonds. The highest BCUT2D eigenvalue weighted by Gasteiger charge is 2.39. The fourth-order valence-corrected chi connectivity index (χ4v) is 2.99. The van der Waals surface area contributed by atoms with Gasteiger partial charge in [0.1, 0.15) is 0 Å². The number of esters is 1. The van der Waals surface area contributed by atoms with E-state index in [2.05, 4.69) is 9.97 Å². The molecule has 25 heavy (non-hydrogen) atoms. The number of carbonyl (C=O) groups is 1. The van der Waals surface area contributed by atoms with Crippen molar-refractivity contribution < 1.29 is 22.7 Å². The average molecular weight is 353 g/mol. The van der Waals surface area contributed by atoms with E-state index in [1.807, 2.05) is 0 Å². The molecule has 134 valence electrons. The maximum atomic E-state index is 13.4. The number of hydrogen-bond donors (Lipinski definition) is 0. The lowest BCUT2D eigenvalue weighted by Gasteiger charge is -2.32. The van der Waals surface area contributed by atoms with E-state index in [9.17, 15) is 18.0 Å². The molecule has 5 nitrogen and oxygen atoms in total. The van der Waals surface area contributed by atoms with Gasteiger partial charge in [-0.2, -0.15) is 13.2 Å². The van der Waals surface area contributed by atoms with Crippen LogP contribution in [0.3, 0.4) is 0 Å². The second-order valence-corrected chi connectivity index (χ2v) is 5.90. The summed E-state index contributed by atoms with van der Waals surface area (Å²) < 4.78 is 45.3. The summed E-state index contributed by atoms with van der Waals surface area (Å²) in [5.41, 5.74) is -0.362. The van der Waals surface area contributed by atoms with E-state index in [-0.39, 0.29) is 23.2 Å². The number of hydrogen-bond acceptors (Lipinski definition) is 5. The van der Waals surface area contributed by atoms with Gasteiger partial charge in [0.25, 0.3) is 0 Å². The minimum Gasteiger partial charge on any atom is -0.466 e. The van der Waals surface area contributed by atoms with Crippen LogP contribution in [0.25, 0.3) is 11.0 Å². The lowest BCUT2D eigenvalue weighted by atomic mass is 9.97. The van der Waals surface area contributed by atoms with Gasteiger partial charge in [0.2, 0.25) is 0 Å². The molecule has 1 saturated heterocycles. The van der Waals surface area contributed by atoms with Crippen molar-refractivity contribution in [3.63, 3.8) is 0 Å². The Balaban J connectivity index is 1.89. The average Bonchev–Trinajstić information content (AvgIpc) is 2.60. The number of aromatic nitrogens is 2. The minimum absolute atomic E-state index is 0.173. The summed E-state index contributed by atoms with van der Waals surface area (Å²) in [6.07, 6.45) is -3.72. The summed E-state index contributed by atoms with van der Waals surface area (Å²) in [7, 11) is 0. The van der Waals surface area contributed by atoms with E-state index in [4.69, 9.17) is 4.74 Å². The van der Waals surface area contributed by atoms with Crippen LogP contribution in [0, 0.1) is 5.92 Å². The number of benzene rings is 1. The van der Waals surface area contributed by atoms with Crippen molar-refractivity contribution in [1.82, 2.24) is 9.97 Å². The lowest BCUT2D eigenvalue weighted by Crippen LogP contribution is -2.38. The quantitative estimate of drug-likeness (QED) is 0.792. The van der Waals surface area contributed by atoms with Gasteiger partial charge in [0.15, 0.2) is 11.5 Å². The Morgan fingerprint density at radius 2 is 1.80 bits per heavy atom. The zero-order valence-electron chi connectivity index (χ0n) is 13.7. The smallest absolute Gasteiger partial charge is 0.437 e. The molecule has 0 saturated carbocycles. The maximum Gasteiger partial charge on any atom is 0.437 e. The van der Waals surface area contributed by atoms with E-state index in [1.165, 1.54) is 6.07 Å². The van der Waals surface area contributed by atoms with Crippen molar-refractivity contribution in [3.8, 4) is 0 Å². The van der Waals surface area contributed by atoms with Gasteiger partial charge in [0, 0.05) is 13.1 Å². The van der Waals surface area contributed by atoms with E-state index in [0.717, 1.165) is 0 Å². The van der Waals surface area contributed by atoms with Crippen LogP contribution < -0.4 is 4.90 Å². The van der Waals surface area contributed by atoms with Crippen LogP contribution in [0.5, 0.6) is 0 Å². The molecule has 1 aromatic heterocycles. The van der Waals surface area contributed by atoms with Crippen LogP contribution in [0.1, 0.15) is 25.5 Å². The Morgan fingerprint density at radius 3 is 2.36 bits per heavy atom. The number of anilines is 1. The van der Waals surface area contributed by atoms with Crippen molar-refractivity contribution in [1.29, 1.82) is 0 Å². The zero-order chi connectivity index (χ0) is 18.0. The molecule has 3 rings (SSSR count). The predicted octanol–water partition coefficient (Wildman–Crippen LogP) is 3.43. The molecule has 0 radical (unpaired) electrons. The Morgan fingerprint density at radius 1 is 1.20 bits per heavy atom. The molecule has 0 bridgehead atoms. The number of halogens is 3. The molecule has 2 aromatic rings. The standard InChI is InChI=1S/C17H18F3N3O2/c1-2-25-16(24)11-7-9-23(10-8-11)15-14(17(18,19)20)21-12-5-3-4-6-13(12)22-15/h3-6,11H,2,7-10H2,1H3. The highest BCUT2D eigenvalue weighted by Crippen LogP contribution is 2.36. The van der Waals surface area contributed by atoms with Gasteiger partial charge in [-0.05, 0) is 31.9 Å². The fraction of sp³-hybridized carbons (Fsp3) is 0.471. The first-order valence-electron chi connectivity index (χ1n) is 8.15. The fourth-order valence-electron chi connectivity index (χ4n) is 2.99. The van der Waals surface area contributed by atoms with E-state index in [1.54, 1.807) is 30.0 Å². The molecule has 0 atom stereocenters. The highest BCUT2D eigenvalue weighted by molar-refractivity contribution is 5.77. The Bertz CT molecular complexity index is 771. The number of nitrogens with zero attached hydrogens (tertiary/aromatic N) is 3. The third-order valence-electron chi connectivity index (χ3n) is 4.24. The monoisotopic (exact) mass is 353 g/mol. The summed E-state index contributed by atoms with van der Waals surface area (Å²) in [5, 5.41) is 0. The van der Waals surface area contributed by atoms with Gasteiger partial charge in [-0.1, -0.05) is 12.1 Å². The van der Waals surface area contributed by atoms with Crippen molar-refractivity contribution >= 4 is 22.8 Å². The largest absolute Gasteiger partial charge is 0.466 e. The van der Waals surface area contributed by atoms with Crippen molar-refractivity contribution in [3.05, 3.63) is 30.0 Å². The SMILES string of the molecule is CCOC(=O)C1CCN(c2nc3ccccc3nc2C(F)(F)F)CC1. The third kappa shape index (κ3) is 3.67. The van der Waals surface area contributed by atoms with Crippen molar-refractivity contribution in [2.75, 3.05) is 24.6 Å². The molecule has 1 aliphatic rings. The van der Waals surface area contributed by atoms with Gasteiger partial charge in [0.05, 0.1) is 23.6 Å². The first-order valence-corrected chi connectivity index (χ1v) is 8.15. The van der Waals surface area contributed by atoms with Gasteiger partial charge >= 0.3 is 12.1 Å². The van der Waals surface area contributed by atoms with Gasteiger partial charge in [-0.15, -0.1) is 0 Å². The van der Waals surface area contributed by atoms with Crippen LogP contribution in [0.15, 0.2) is 24.3 Å². The van der Waals surface area contributed by atoms with E-state index in [0.29, 0.717) is 38.1 Å². The van der Waals surface area contributed by atoms with Crippen LogP contribution >= 0.6 is 0 Å². The molecule has 2 heterocycles. The van der Waals surface area contributed by atoms with Gasteiger partial charge < -0.3 is 9.64 Å². The topological polar surface area (TPSA) is 55.3 Å². The number of para-hydroxylation sites is 2. The molecule has 0 unspecified atom stereocenters. The lowest BCUT2D eigenvalue weighted by molar-refractivity contribution is -0.148. The summed E-state index contributed by atoms with van der Waals surface area (Å²) >= 11 is 0. The van der Waals surface area contributed by atoms with E-state index >= 15 is 0 Å².